The third-order valence-electron chi connectivity index (χ3n) is 3.29. The molecule has 1 aliphatic rings. The van der Waals surface area contributed by atoms with Crippen LogP contribution in [-0.2, 0) is 0 Å². The Morgan fingerprint density at radius 2 is 2.06 bits per heavy atom. The van der Waals surface area contributed by atoms with Gasteiger partial charge in [-0.2, -0.15) is 4.98 Å². The maximum absolute atomic E-state index is 4.51. The largest absolute Gasteiger partial charge is 0.370 e. The molecule has 4 heteroatoms. The Kier molecular flexibility index (Phi) is 4.79. The zero-order valence-corrected chi connectivity index (χ0v) is 11.4. The molecule has 0 radical (unpaired) electrons. The summed E-state index contributed by atoms with van der Waals surface area (Å²) in [6, 6.07) is 2.48. The molecule has 18 heavy (non-hydrogen) atoms. The van der Waals surface area contributed by atoms with Gasteiger partial charge in [0.15, 0.2) is 0 Å². The zero-order chi connectivity index (χ0) is 12.8. The molecule has 0 atom stereocenters. The van der Waals surface area contributed by atoms with Crippen LogP contribution in [0.2, 0.25) is 0 Å². The zero-order valence-electron chi connectivity index (χ0n) is 11.4. The van der Waals surface area contributed by atoms with Crippen LogP contribution in [0.5, 0.6) is 0 Å². The molecule has 0 saturated heterocycles. The molecule has 1 saturated carbocycles. The Morgan fingerprint density at radius 3 is 2.78 bits per heavy atom. The predicted octanol–water partition coefficient (Wildman–Crippen LogP) is 3.29. The summed E-state index contributed by atoms with van der Waals surface area (Å²) in [4.78, 5) is 8.80. The van der Waals surface area contributed by atoms with Crippen molar-refractivity contribution in [1.82, 2.24) is 9.97 Å². The molecule has 0 amide bonds. The van der Waals surface area contributed by atoms with E-state index in [9.17, 15) is 0 Å². The van der Waals surface area contributed by atoms with Crippen molar-refractivity contribution in [3.63, 3.8) is 0 Å². The second kappa shape index (κ2) is 6.57. The molecule has 1 aliphatic carbocycles. The van der Waals surface area contributed by atoms with Gasteiger partial charge in [-0.3, -0.25) is 0 Å². The first-order chi connectivity index (χ1) is 8.74. The van der Waals surface area contributed by atoms with E-state index in [1.165, 1.54) is 32.1 Å². The van der Waals surface area contributed by atoms with Crippen molar-refractivity contribution in [3.8, 4) is 0 Å². The molecule has 2 rings (SSSR count). The van der Waals surface area contributed by atoms with Crippen molar-refractivity contribution < 1.29 is 0 Å². The summed E-state index contributed by atoms with van der Waals surface area (Å²) in [5.74, 6) is 2.29. The van der Waals surface area contributed by atoms with Gasteiger partial charge in [0.2, 0.25) is 5.95 Å². The van der Waals surface area contributed by atoms with Gasteiger partial charge in [0.25, 0.3) is 0 Å². The summed E-state index contributed by atoms with van der Waals surface area (Å²) in [6.45, 7) is 5.32. The molecule has 0 spiro atoms. The number of anilines is 2. The Morgan fingerprint density at radius 1 is 1.28 bits per heavy atom. The number of hydrogen-bond acceptors (Lipinski definition) is 4. The van der Waals surface area contributed by atoms with E-state index < -0.39 is 0 Å². The fourth-order valence-electron chi connectivity index (χ4n) is 2.26. The van der Waals surface area contributed by atoms with Crippen LogP contribution >= 0.6 is 0 Å². The summed E-state index contributed by atoms with van der Waals surface area (Å²) in [5, 5.41) is 6.78. The Balaban J connectivity index is 1.89. The van der Waals surface area contributed by atoms with Crippen molar-refractivity contribution in [1.29, 1.82) is 0 Å². The van der Waals surface area contributed by atoms with Crippen LogP contribution in [0.1, 0.15) is 46.0 Å². The number of hydrogen-bond donors (Lipinski definition) is 2. The topological polar surface area (TPSA) is 49.8 Å². The first kappa shape index (κ1) is 13.1. The van der Waals surface area contributed by atoms with E-state index in [4.69, 9.17) is 0 Å². The standard InChI is InChI=1S/C14H24N4/c1-11(2)10-16-13-8-9-15-14(18-13)17-12-6-4-3-5-7-12/h8-9,11-12H,3-7,10H2,1-2H3,(H2,15,16,17,18). The van der Waals surface area contributed by atoms with E-state index in [0.29, 0.717) is 12.0 Å². The van der Waals surface area contributed by atoms with Gasteiger partial charge < -0.3 is 10.6 Å². The quantitative estimate of drug-likeness (QED) is 0.839. The van der Waals surface area contributed by atoms with Gasteiger partial charge >= 0.3 is 0 Å². The van der Waals surface area contributed by atoms with E-state index >= 15 is 0 Å². The molecular weight excluding hydrogens is 224 g/mol. The molecular formula is C14H24N4. The molecule has 1 aromatic heterocycles. The number of nitrogens with zero attached hydrogens (tertiary/aromatic N) is 2. The molecule has 0 bridgehead atoms. The van der Waals surface area contributed by atoms with E-state index in [1.807, 2.05) is 12.3 Å². The SMILES string of the molecule is CC(C)CNc1ccnc(NC2CCCCC2)n1. The first-order valence-corrected chi connectivity index (χ1v) is 7.07. The smallest absolute Gasteiger partial charge is 0.224 e. The van der Waals surface area contributed by atoms with Crippen molar-refractivity contribution in [2.24, 2.45) is 5.92 Å². The van der Waals surface area contributed by atoms with Crippen LogP contribution in [0.15, 0.2) is 12.3 Å². The fourth-order valence-corrected chi connectivity index (χ4v) is 2.26. The minimum atomic E-state index is 0.555. The number of aromatic nitrogens is 2. The number of nitrogens with one attached hydrogen (secondary N) is 2. The highest BCUT2D eigenvalue weighted by Gasteiger charge is 2.14. The summed E-state index contributed by atoms with van der Waals surface area (Å²) in [7, 11) is 0. The van der Waals surface area contributed by atoms with Gasteiger partial charge in [0.05, 0.1) is 0 Å². The average Bonchev–Trinajstić information content (AvgIpc) is 2.38. The van der Waals surface area contributed by atoms with Crippen molar-refractivity contribution >= 4 is 11.8 Å². The van der Waals surface area contributed by atoms with Crippen molar-refractivity contribution in [2.45, 2.75) is 52.0 Å². The molecule has 100 valence electrons. The van der Waals surface area contributed by atoms with Crippen molar-refractivity contribution in [3.05, 3.63) is 12.3 Å². The Bertz CT molecular complexity index is 359. The van der Waals surface area contributed by atoms with E-state index in [-0.39, 0.29) is 0 Å². The summed E-state index contributed by atoms with van der Waals surface area (Å²) >= 11 is 0. The van der Waals surface area contributed by atoms with Crippen LogP contribution in [0.4, 0.5) is 11.8 Å². The third kappa shape index (κ3) is 4.17. The van der Waals surface area contributed by atoms with E-state index in [2.05, 4.69) is 34.4 Å². The van der Waals surface area contributed by atoms with Crippen molar-refractivity contribution in [2.75, 3.05) is 17.2 Å². The minimum Gasteiger partial charge on any atom is -0.370 e. The maximum Gasteiger partial charge on any atom is 0.224 e. The van der Waals surface area contributed by atoms with E-state index in [0.717, 1.165) is 18.3 Å². The lowest BCUT2D eigenvalue weighted by molar-refractivity contribution is 0.461. The van der Waals surface area contributed by atoms with Gasteiger partial charge in [-0.1, -0.05) is 33.1 Å². The van der Waals surface area contributed by atoms with Gasteiger partial charge in [-0.15, -0.1) is 0 Å². The highest BCUT2D eigenvalue weighted by molar-refractivity contribution is 5.39. The second-order valence-corrected chi connectivity index (χ2v) is 5.52. The maximum atomic E-state index is 4.51. The molecule has 0 unspecified atom stereocenters. The molecule has 1 fully saturated rings. The molecule has 4 nitrogen and oxygen atoms in total. The minimum absolute atomic E-state index is 0.555. The third-order valence-corrected chi connectivity index (χ3v) is 3.29. The monoisotopic (exact) mass is 248 g/mol. The lowest BCUT2D eigenvalue weighted by Crippen LogP contribution is -2.23. The summed E-state index contributed by atoms with van der Waals surface area (Å²) < 4.78 is 0. The van der Waals surface area contributed by atoms with Gasteiger partial charge in [-0.05, 0) is 24.8 Å². The van der Waals surface area contributed by atoms with Crippen LogP contribution in [0.3, 0.4) is 0 Å². The van der Waals surface area contributed by atoms with Gasteiger partial charge in [0, 0.05) is 18.8 Å². The van der Waals surface area contributed by atoms with Gasteiger partial charge in [0.1, 0.15) is 5.82 Å². The van der Waals surface area contributed by atoms with Crippen LogP contribution in [0.25, 0.3) is 0 Å². The molecule has 2 N–H and O–H groups in total. The highest BCUT2D eigenvalue weighted by atomic mass is 15.1. The Labute approximate surface area is 110 Å². The van der Waals surface area contributed by atoms with E-state index in [1.54, 1.807) is 0 Å². The van der Waals surface area contributed by atoms with Gasteiger partial charge in [-0.25, -0.2) is 4.98 Å². The van der Waals surface area contributed by atoms with Crippen LogP contribution in [0, 0.1) is 5.92 Å². The predicted molar refractivity (Wildman–Crippen MR) is 75.9 cm³/mol. The lowest BCUT2D eigenvalue weighted by Gasteiger charge is -2.22. The Hall–Kier alpha value is -1.32. The fraction of sp³-hybridized carbons (Fsp3) is 0.714. The second-order valence-electron chi connectivity index (χ2n) is 5.52. The summed E-state index contributed by atoms with van der Waals surface area (Å²) in [6.07, 6.45) is 8.32. The van der Waals surface area contributed by atoms with Crippen LogP contribution in [-0.4, -0.2) is 22.6 Å². The van der Waals surface area contributed by atoms with Crippen LogP contribution < -0.4 is 10.6 Å². The first-order valence-electron chi connectivity index (χ1n) is 7.07. The lowest BCUT2D eigenvalue weighted by atomic mass is 9.96. The number of rotatable bonds is 5. The normalized spacial score (nSPS) is 16.8. The average molecular weight is 248 g/mol. The summed E-state index contributed by atoms with van der Waals surface area (Å²) in [5.41, 5.74) is 0. The molecule has 0 aliphatic heterocycles. The highest BCUT2D eigenvalue weighted by Crippen LogP contribution is 2.20. The molecule has 1 heterocycles. The molecule has 1 aromatic rings. The molecule has 0 aromatic carbocycles.